The zero-order chi connectivity index (χ0) is 18.4. The van der Waals surface area contributed by atoms with Gasteiger partial charge in [-0.1, -0.05) is 44.0 Å². The van der Waals surface area contributed by atoms with E-state index in [-0.39, 0.29) is 30.0 Å². The molecular weight excluding hydrogens is 340 g/mol. The third kappa shape index (κ3) is 3.37. The number of halogens is 1. The molecule has 0 amide bonds. The topological polar surface area (TPSA) is 44.8 Å². The number of allylic oxidation sites excluding steroid dienone is 2. The van der Waals surface area contributed by atoms with Crippen LogP contribution in [0, 0.1) is 17.3 Å². The number of hydrogen-bond donors (Lipinski definition) is 0. The van der Waals surface area contributed by atoms with Crippen LogP contribution in [0.3, 0.4) is 0 Å². The fourth-order valence-electron chi connectivity index (χ4n) is 3.56. The SMILES string of the molecule is CC[C@@H](OC(=O)[C@@H]1[C@H](C=C(C)C)C1(C)C)c1cc2c(cc1Cl)OCO2. The van der Waals surface area contributed by atoms with Gasteiger partial charge in [0.15, 0.2) is 11.5 Å². The van der Waals surface area contributed by atoms with Crippen LogP contribution in [-0.4, -0.2) is 12.8 Å². The van der Waals surface area contributed by atoms with Gasteiger partial charge in [-0.3, -0.25) is 4.79 Å². The van der Waals surface area contributed by atoms with Crippen LogP contribution in [-0.2, 0) is 9.53 Å². The van der Waals surface area contributed by atoms with Gasteiger partial charge in [-0.15, -0.1) is 0 Å². The summed E-state index contributed by atoms with van der Waals surface area (Å²) in [5.74, 6) is 1.23. The normalized spacial score (nSPS) is 23.8. The molecule has 0 spiro atoms. The average molecular weight is 365 g/mol. The molecule has 2 aliphatic rings. The molecular formula is C20H25ClO4. The minimum atomic E-state index is -0.391. The number of carbonyl (C=O) groups excluding carboxylic acids is 1. The van der Waals surface area contributed by atoms with Crippen LogP contribution in [0.25, 0.3) is 0 Å². The molecule has 136 valence electrons. The highest BCUT2D eigenvalue weighted by Crippen LogP contribution is 2.60. The van der Waals surface area contributed by atoms with Gasteiger partial charge >= 0.3 is 5.97 Å². The summed E-state index contributed by atoms with van der Waals surface area (Å²) >= 11 is 6.38. The highest BCUT2D eigenvalue weighted by Gasteiger charge is 2.61. The molecule has 0 unspecified atom stereocenters. The Labute approximate surface area is 154 Å². The second-order valence-electron chi connectivity index (χ2n) is 7.63. The van der Waals surface area contributed by atoms with E-state index < -0.39 is 6.10 Å². The molecule has 25 heavy (non-hydrogen) atoms. The number of fused-ring (bicyclic) bond motifs is 1. The van der Waals surface area contributed by atoms with Crippen LogP contribution in [0.5, 0.6) is 11.5 Å². The summed E-state index contributed by atoms with van der Waals surface area (Å²) in [6.07, 6.45) is 2.42. The summed E-state index contributed by atoms with van der Waals surface area (Å²) in [6.45, 7) is 10.5. The molecule has 4 nitrogen and oxygen atoms in total. The zero-order valence-electron chi connectivity index (χ0n) is 15.4. The van der Waals surface area contributed by atoms with Gasteiger partial charge in [0.1, 0.15) is 6.10 Å². The minimum absolute atomic E-state index is 0.0642. The molecule has 1 aliphatic carbocycles. The first kappa shape index (κ1) is 18.1. The molecule has 3 atom stereocenters. The van der Waals surface area contributed by atoms with Crippen molar-refractivity contribution in [2.24, 2.45) is 17.3 Å². The third-order valence-electron chi connectivity index (χ3n) is 5.15. The fraction of sp³-hybridized carbons (Fsp3) is 0.550. The summed E-state index contributed by atoms with van der Waals surface area (Å²) in [4.78, 5) is 12.8. The number of carbonyl (C=O) groups is 1. The highest BCUT2D eigenvalue weighted by atomic mass is 35.5. The highest BCUT2D eigenvalue weighted by molar-refractivity contribution is 6.31. The van der Waals surface area contributed by atoms with E-state index in [1.807, 2.05) is 13.0 Å². The summed E-state index contributed by atoms with van der Waals surface area (Å²) in [5, 5.41) is 0.528. The zero-order valence-corrected chi connectivity index (χ0v) is 16.1. The van der Waals surface area contributed by atoms with E-state index >= 15 is 0 Å². The van der Waals surface area contributed by atoms with Crippen molar-refractivity contribution >= 4 is 17.6 Å². The van der Waals surface area contributed by atoms with E-state index in [0.717, 1.165) is 5.56 Å². The summed E-state index contributed by atoms with van der Waals surface area (Å²) in [5.41, 5.74) is 1.92. The Balaban J connectivity index is 1.77. The Bertz CT molecular complexity index is 719. The average Bonchev–Trinajstić information content (AvgIpc) is 2.86. The lowest BCUT2D eigenvalue weighted by molar-refractivity contribution is -0.152. The minimum Gasteiger partial charge on any atom is -0.457 e. The van der Waals surface area contributed by atoms with Crippen LogP contribution in [0.4, 0.5) is 0 Å². The van der Waals surface area contributed by atoms with Crippen molar-refractivity contribution in [1.29, 1.82) is 0 Å². The summed E-state index contributed by atoms with van der Waals surface area (Å²) in [6, 6.07) is 3.54. The Morgan fingerprint density at radius 2 is 2.00 bits per heavy atom. The first-order valence-electron chi connectivity index (χ1n) is 8.70. The molecule has 1 saturated carbocycles. The molecule has 0 bridgehead atoms. The molecule has 3 rings (SSSR count). The molecule has 0 saturated heterocycles. The summed E-state index contributed by atoms with van der Waals surface area (Å²) in [7, 11) is 0. The van der Waals surface area contributed by atoms with E-state index in [1.54, 1.807) is 6.07 Å². The Kier molecular flexibility index (Phi) is 4.76. The van der Waals surface area contributed by atoms with Crippen LogP contribution >= 0.6 is 11.6 Å². The monoisotopic (exact) mass is 364 g/mol. The third-order valence-corrected chi connectivity index (χ3v) is 5.47. The van der Waals surface area contributed by atoms with E-state index in [4.69, 9.17) is 25.8 Å². The first-order chi connectivity index (χ1) is 11.8. The van der Waals surface area contributed by atoms with Crippen LogP contribution in [0.2, 0.25) is 5.02 Å². The molecule has 1 fully saturated rings. The predicted molar refractivity (Wildman–Crippen MR) is 96.9 cm³/mol. The van der Waals surface area contributed by atoms with Crippen molar-refractivity contribution in [1.82, 2.24) is 0 Å². The molecule has 1 aromatic rings. The van der Waals surface area contributed by atoms with Crippen molar-refractivity contribution in [3.05, 3.63) is 34.4 Å². The van der Waals surface area contributed by atoms with E-state index in [1.165, 1.54) is 5.57 Å². The van der Waals surface area contributed by atoms with Crippen molar-refractivity contribution in [3.8, 4) is 11.5 Å². The van der Waals surface area contributed by atoms with Gasteiger partial charge in [-0.05, 0) is 37.7 Å². The second kappa shape index (κ2) is 6.56. The lowest BCUT2D eigenvalue weighted by Crippen LogP contribution is -2.15. The quantitative estimate of drug-likeness (QED) is 0.525. The van der Waals surface area contributed by atoms with Crippen LogP contribution in [0.15, 0.2) is 23.8 Å². The van der Waals surface area contributed by atoms with Gasteiger partial charge in [0.05, 0.1) is 10.9 Å². The maximum atomic E-state index is 12.8. The summed E-state index contributed by atoms with van der Waals surface area (Å²) < 4.78 is 16.6. The first-order valence-corrected chi connectivity index (χ1v) is 9.08. The predicted octanol–water partition coefficient (Wildman–Crippen LogP) is 5.30. The second-order valence-corrected chi connectivity index (χ2v) is 8.04. The van der Waals surface area contributed by atoms with Crippen molar-refractivity contribution in [2.75, 3.05) is 6.79 Å². The standard InChI is InChI=1S/C20H25ClO4/c1-6-15(12-8-16-17(9-14(12)21)24-10-23-16)25-19(22)18-13(7-11(2)3)20(18,4)5/h7-9,13,15,18H,6,10H2,1-5H3/t13-,15+,18-/m0/s1. The number of esters is 1. The van der Waals surface area contributed by atoms with E-state index in [9.17, 15) is 4.79 Å². The van der Waals surface area contributed by atoms with E-state index in [0.29, 0.717) is 22.9 Å². The fourth-order valence-corrected chi connectivity index (χ4v) is 3.83. The van der Waals surface area contributed by atoms with Gasteiger partial charge in [0.25, 0.3) is 0 Å². The lowest BCUT2D eigenvalue weighted by Gasteiger charge is -2.19. The number of ether oxygens (including phenoxy) is 3. The Morgan fingerprint density at radius 3 is 2.60 bits per heavy atom. The largest absolute Gasteiger partial charge is 0.457 e. The molecule has 1 heterocycles. The van der Waals surface area contributed by atoms with Gasteiger partial charge in [-0.25, -0.2) is 0 Å². The number of rotatable bonds is 5. The van der Waals surface area contributed by atoms with Crippen LogP contribution < -0.4 is 9.47 Å². The van der Waals surface area contributed by atoms with E-state index in [2.05, 4.69) is 33.8 Å². The maximum absolute atomic E-state index is 12.8. The number of hydrogen-bond acceptors (Lipinski definition) is 4. The Hall–Kier alpha value is -1.68. The molecule has 0 radical (unpaired) electrons. The molecule has 1 aromatic carbocycles. The lowest BCUT2D eigenvalue weighted by atomic mass is 10.1. The molecule has 1 aliphatic heterocycles. The smallest absolute Gasteiger partial charge is 0.310 e. The Morgan fingerprint density at radius 1 is 1.36 bits per heavy atom. The van der Waals surface area contributed by atoms with Gasteiger partial charge in [0, 0.05) is 11.6 Å². The molecule has 0 aromatic heterocycles. The van der Waals surface area contributed by atoms with Crippen LogP contribution in [0.1, 0.15) is 52.7 Å². The molecule has 0 N–H and O–H groups in total. The molecule has 5 heteroatoms. The van der Waals surface area contributed by atoms with Gasteiger partial charge in [-0.2, -0.15) is 0 Å². The van der Waals surface area contributed by atoms with Gasteiger partial charge in [0.2, 0.25) is 6.79 Å². The van der Waals surface area contributed by atoms with Crippen molar-refractivity contribution in [2.45, 2.75) is 47.1 Å². The maximum Gasteiger partial charge on any atom is 0.310 e. The van der Waals surface area contributed by atoms with Crippen molar-refractivity contribution < 1.29 is 19.0 Å². The number of benzene rings is 1. The van der Waals surface area contributed by atoms with Crippen molar-refractivity contribution in [3.63, 3.8) is 0 Å². The van der Waals surface area contributed by atoms with Gasteiger partial charge < -0.3 is 14.2 Å².